The summed E-state index contributed by atoms with van der Waals surface area (Å²) in [4.78, 5) is 27.6. The van der Waals surface area contributed by atoms with Crippen LogP contribution in [-0.2, 0) is 11.0 Å². The van der Waals surface area contributed by atoms with Gasteiger partial charge in [-0.3, -0.25) is 14.6 Å². The Morgan fingerprint density at radius 1 is 0.972 bits per heavy atom. The van der Waals surface area contributed by atoms with Gasteiger partial charge in [0.25, 0.3) is 5.91 Å². The number of alkyl halides is 3. The zero-order valence-electron chi connectivity index (χ0n) is 19.2. The van der Waals surface area contributed by atoms with Gasteiger partial charge in [0.2, 0.25) is 0 Å². The molecule has 3 aromatic rings. The molecule has 0 spiro atoms. The number of benzene rings is 2. The first kappa shape index (κ1) is 25.3. The summed E-state index contributed by atoms with van der Waals surface area (Å²) in [5, 5.41) is 11.4. The lowest BCUT2D eigenvalue weighted by molar-refractivity contribution is -0.140. The highest BCUT2D eigenvalue weighted by Gasteiger charge is 2.34. The predicted octanol–water partition coefficient (Wildman–Crippen LogP) is 6.91. The molecule has 1 amide bonds. The van der Waals surface area contributed by atoms with Crippen LogP contribution in [0.5, 0.6) is 0 Å². The van der Waals surface area contributed by atoms with Crippen LogP contribution in [0.15, 0.2) is 60.8 Å². The molecule has 1 aliphatic carbocycles. The molecule has 4 rings (SSSR count). The van der Waals surface area contributed by atoms with Crippen molar-refractivity contribution in [1.82, 2.24) is 4.98 Å². The molecule has 1 heterocycles. The van der Waals surface area contributed by atoms with Crippen molar-refractivity contribution in [3.8, 4) is 11.3 Å². The number of pyridine rings is 1. The summed E-state index contributed by atoms with van der Waals surface area (Å²) >= 11 is 0. The van der Waals surface area contributed by atoms with Gasteiger partial charge in [0.05, 0.1) is 23.1 Å². The van der Waals surface area contributed by atoms with E-state index in [1.165, 1.54) is 11.8 Å². The number of aromatic nitrogens is 1. The zero-order chi connectivity index (χ0) is 25.9. The second-order valence-electron chi connectivity index (χ2n) is 9.02. The Morgan fingerprint density at radius 3 is 2.25 bits per heavy atom. The van der Waals surface area contributed by atoms with Crippen molar-refractivity contribution in [2.45, 2.75) is 44.2 Å². The molecule has 0 radical (unpaired) electrons. The standard InChI is InChI=1S/C27H24F4N2O3/c28-23-11-9-20(14-22(23)27(29,30)31)26(36)33-21-10-12-24(32-15-21)19-7-5-18(6-8-19)17-3-1-16(2-4-17)13-25(34)35/h5-12,14-17H,1-4,13H2,(H,33,36)(H,34,35). The molecule has 0 unspecified atom stereocenters. The van der Waals surface area contributed by atoms with Gasteiger partial charge in [0.1, 0.15) is 5.82 Å². The van der Waals surface area contributed by atoms with E-state index in [2.05, 4.69) is 10.3 Å². The molecule has 2 aromatic carbocycles. The van der Waals surface area contributed by atoms with Crippen molar-refractivity contribution in [2.24, 2.45) is 5.92 Å². The lowest BCUT2D eigenvalue weighted by atomic mass is 9.77. The van der Waals surface area contributed by atoms with Crippen molar-refractivity contribution < 1.29 is 32.3 Å². The van der Waals surface area contributed by atoms with Crippen LogP contribution in [0.3, 0.4) is 0 Å². The monoisotopic (exact) mass is 500 g/mol. The molecule has 5 nitrogen and oxygen atoms in total. The number of nitrogens with one attached hydrogen (secondary N) is 1. The number of anilines is 1. The van der Waals surface area contributed by atoms with Gasteiger partial charge >= 0.3 is 12.1 Å². The minimum atomic E-state index is -4.90. The second kappa shape index (κ2) is 10.5. The Hall–Kier alpha value is -3.75. The predicted molar refractivity (Wildman–Crippen MR) is 126 cm³/mol. The highest BCUT2D eigenvalue weighted by molar-refractivity contribution is 6.04. The van der Waals surface area contributed by atoms with Gasteiger partial charge in [0, 0.05) is 17.5 Å². The first-order valence-corrected chi connectivity index (χ1v) is 11.6. The Morgan fingerprint density at radius 2 is 1.67 bits per heavy atom. The number of carbonyl (C=O) groups excluding carboxylic acids is 1. The van der Waals surface area contributed by atoms with Crippen molar-refractivity contribution in [2.75, 3.05) is 5.32 Å². The number of carboxylic acid groups (broad SMARTS) is 1. The Kier molecular flexibility index (Phi) is 7.37. The number of aliphatic carboxylic acids is 1. The number of carbonyl (C=O) groups is 2. The quantitative estimate of drug-likeness (QED) is 0.361. The lowest BCUT2D eigenvalue weighted by Crippen LogP contribution is -2.16. The Balaban J connectivity index is 1.38. The molecule has 0 atom stereocenters. The fraction of sp³-hybridized carbons (Fsp3) is 0.296. The molecule has 0 bridgehead atoms. The maximum atomic E-state index is 13.5. The van der Waals surface area contributed by atoms with Gasteiger partial charge in [0.15, 0.2) is 0 Å². The van der Waals surface area contributed by atoms with Crippen molar-refractivity contribution in [3.05, 3.63) is 83.3 Å². The van der Waals surface area contributed by atoms with Crippen LogP contribution in [0.25, 0.3) is 11.3 Å². The number of hydrogen-bond acceptors (Lipinski definition) is 3. The minimum absolute atomic E-state index is 0.228. The van der Waals surface area contributed by atoms with Gasteiger partial charge < -0.3 is 10.4 Å². The Labute approximate surface area is 205 Å². The van der Waals surface area contributed by atoms with Crippen LogP contribution in [-0.4, -0.2) is 22.0 Å². The van der Waals surface area contributed by atoms with Gasteiger partial charge in [-0.1, -0.05) is 24.3 Å². The summed E-state index contributed by atoms with van der Waals surface area (Å²) in [5.74, 6) is -2.35. The third-order valence-electron chi connectivity index (χ3n) is 6.54. The molecular weight excluding hydrogens is 476 g/mol. The van der Waals surface area contributed by atoms with Crippen LogP contribution in [0.2, 0.25) is 0 Å². The zero-order valence-corrected chi connectivity index (χ0v) is 19.2. The first-order valence-electron chi connectivity index (χ1n) is 11.6. The number of rotatable bonds is 6. The topological polar surface area (TPSA) is 79.3 Å². The third-order valence-corrected chi connectivity index (χ3v) is 6.54. The fourth-order valence-electron chi connectivity index (χ4n) is 4.60. The summed E-state index contributed by atoms with van der Waals surface area (Å²) in [6.07, 6.45) is 0.459. The fourth-order valence-corrected chi connectivity index (χ4v) is 4.60. The number of amides is 1. The lowest BCUT2D eigenvalue weighted by Gasteiger charge is -2.28. The molecule has 0 aliphatic heterocycles. The SMILES string of the molecule is O=C(O)CC1CCC(c2ccc(-c3ccc(NC(=O)c4ccc(F)c(C(F)(F)F)c4)cn3)cc2)CC1. The first-order chi connectivity index (χ1) is 17.1. The van der Waals surface area contributed by atoms with Crippen LogP contribution in [0.4, 0.5) is 23.2 Å². The van der Waals surface area contributed by atoms with Crippen molar-refractivity contribution in [3.63, 3.8) is 0 Å². The smallest absolute Gasteiger partial charge is 0.419 e. The van der Waals surface area contributed by atoms with E-state index in [1.54, 1.807) is 12.1 Å². The highest BCUT2D eigenvalue weighted by Crippen LogP contribution is 2.37. The molecule has 1 saturated carbocycles. The van der Waals surface area contributed by atoms with E-state index in [1.807, 2.05) is 24.3 Å². The van der Waals surface area contributed by atoms with Gasteiger partial charge in [-0.25, -0.2) is 4.39 Å². The van der Waals surface area contributed by atoms with E-state index in [0.717, 1.165) is 37.3 Å². The average Bonchev–Trinajstić information content (AvgIpc) is 2.84. The molecule has 36 heavy (non-hydrogen) atoms. The average molecular weight is 500 g/mol. The van der Waals surface area contributed by atoms with Crippen molar-refractivity contribution >= 4 is 17.6 Å². The largest absolute Gasteiger partial charge is 0.481 e. The summed E-state index contributed by atoms with van der Waals surface area (Å²) in [7, 11) is 0. The third kappa shape index (κ3) is 6.08. The van der Waals surface area contributed by atoms with E-state index in [0.29, 0.717) is 23.7 Å². The van der Waals surface area contributed by atoms with E-state index in [-0.39, 0.29) is 23.6 Å². The number of halogens is 4. The van der Waals surface area contributed by atoms with Crippen LogP contribution in [0.1, 0.15) is 59.5 Å². The molecule has 1 aliphatic rings. The maximum absolute atomic E-state index is 13.5. The van der Waals surface area contributed by atoms with Crippen molar-refractivity contribution in [1.29, 1.82) is 0 Å². The number of carboxylic acids is 1. The highest BCUT2D eigenvalue weighted by atomic mass is 19.4. The number of hydrogen-bond donors (Lipinski definition) is 2. The summed E-state index contributed by atoms with van der Waals surface area (Å²) in [6.45, 7) is 0. The van der Waals surface area contributed by atoms with Crippen LogP contribution < -0.4 is 5.32 Å². The minimum Gasteiger partial charge on any atom is -0.481 e. The summed E-state index contributed by atoms with van der Waals surface area (Å²) in [6, 6.07) is 13.4. The normalized spacial score (nSPS) is 18.0. The summed E-state index contributed by atoms with van der Waals surface area (Å²) < 4.78 is 52.2. The van der Waals surface area contributed by atoms with E-state index >= 15 is 0 Å². The molecular formula is C27H24F4N2O3. The molecule has 9 heteroatoms. The van der Waals surface area contributed by atoms with Gasteiger partial charge in [-0.05, 0) is 73.4 Å². The molecule has 1 aromatic heterocycles. The second-order valence-corrected chi connectivity index (χ2v) is 9.02. The van der Waals surface area contributed by atoms with Crippen LogP contribution >= 0.6 is 0 Å². The van der Waals surface area contributed by atoms with E-state index in [4.69, 9.17) is 5.11 Å². The molecule has 0 saturated heterocycles. The van der Waals surface area contributed by atoms with E-state index in [9.17, 15) is 27.2 Å². The van der Waals surface area contributed by atoms with Crippen LogP contribution in [0, 0.1) is 11.7 Å². The maximum Gasteiger partial charge on any atom is 0.419 e. The van der Waals surface area contributed by atoms with E-state index < -0.39 is 29.4 Å². The molecule has 188 valence electrons. The van der Waals surface area contributed by atoms with Gasteiger partial charge in [-0.2, -0.15) is 13.2 Å². The Bertz CT molecular complexity index is 1230. The number of nitrogens with zero attached hydrogens (tertiary/aromatic N) is 1. The summed E-state index contributed by atoms with van der Waals surface area (Å²) in [5.41, 5.74) is 1.20. The molecule has 1 fully saturated rings. The molecule has 2 N–H and O–H groups in total. The van der Waals surface area contributed by atoms with Gasteiger partial charge in [-0.15, -0.1) is 0 Å².